The summed E-state index contributed by atoms with van der Waals surface area (Å²) in [5, 5.41) is 10.1. The van der Waals surface area contributed by atoms with E-state index in [0.29, 0.717) is 6.42 Å². The topological polar surface area (TPSA) is 38.7 Å². The fourth-order valence-electron chi connectivity index (χ4n) is 2.26. The van der Waals surface area contributed by atoms with Crippen molar-refractivity contribution >= 4 is 0 Å². The van der Waals surface area contributed by atoms with Crippen LogP contribution in [-0.2, 0) is 12.8 Å². The first kappa shape index (κ1) is 12.2. The van der Waals surface area contributed by atoms with Crippen LogP contribution in [-0.4, -0.2) is 24.9 Å². The van der Waals surface area contributed by atoms with Crippen molar-refractivity contribution in [3.05, 3.63) is 23.3 Å². The Morgan fingerprint density at radius 2 is 1.65 bits per heavy atom. The lowest BCUT2D eigenvalue weighted by atomic mass is 9.96. The van der Waals surface area contributed by atoms with Gasteiger partial charge in [0.15, 0.2) is 0 Å². The van der Waals surface area contributed by atoms with Crippen LogP contribution in [0.25, 0.3) is 0 Å². The molecule has 0 saturated heterocycles. The zero-order valence-corrected chi connectivity index (χ0v) is 10.7. The second kappa shape index (κ2) is 4.57. The highest BCUT2D eigenvalue weighted by atomic mass is 16.5. The van der Waals surface area contributed by atoms with Crippen LogP contribution < -0.4 is 9.47 Å². The summed E-state index contributed by atoms with van der Waals surface area (Å²) in [4.78, 5) is 0. The first-order valence-electron chi connectivity index (χ1n) is 6.08. The van der Waals surface area contributed by atoms with Gasteiger partial charge in [-0.3, -0.25) is 0 Å². The average Bonchev–Trinajstić information content (AvgIpc) is 3.06. The quantitative estimate of drug-likeness (QED) is 0.852. The van der Waals surface area contributed by atoms with Gasteiger partial charge in [0.05, 0.1) is 19.8 Å². The summed E-state index contributed by atoms with van der Waals surface area (Å²) in [6, 6.07) is 3.84. The van der Waals surface area contributed by atoms with E-state index in [1.165, 1.54) is 0 Å². The van der Waals surface area contributed by atoms with E-state index >= 15 is 0 Å². The van der Waals surface area contributed by atoms with Gasteiger partial charge < -0.3 is 14.6 Å². The van der Waals surface area contributed by atoms with E-state index in [1.807, 2.05) is 12.1 Å². The fraction of sp³-hybridized carbons (Fsp3) is 0.571. The lowest BCUT2D eigenvalue weighted by molar-refractivity contribution is 0.149. The summed E-state index contributed by atoms with van der Waals surface area (Å²) in [5.41, 5.74) is 1.73. The molecule has 0 spiro atoms. The van der Waals surface area contributed by atoms with Crippen LogP contribution in [0.3, 0.4) is 0 Å². The standard InChI is InChI=1S/C14H20O3/c1-4-10-11(9-14(15)7-8-14)13(17-3)6-5-12(10)16-2/h5-6,15H,4,7-9H2,1-3H3. The van der Waals surface area contributed by atoms with Crippen LogP contribution in [0, 0.1) is 0 Å². The second-order valence-electron chi connectivity index (χ2n) is 4.68. The van der Waals surface area contributed by atoms with Crippen molar-refractivity contribution in [3.63, 3.8) is 0 Å². The monoisotopic (exact) mass is 236 g/mol. The van der Waals surface area contributed by atoms with Crippen molar-refractivity contribution in [1.29, 1.82) is 0 Å². The van der Waals surface area contributed by atoms with Gasteiger partial charge in [0.1, 0.15) is 11.5 Å². The summed E-state index contributed by atoms with van der Waals surface area (Å²) in [5.74, 6) is 1.73. The first-order valence-corrected chi connectivity index (χ1v) is 6.08. The number of ether oxygens (including phenoxy) is 2. The normalized spacial score (nSPS) is 16.7. The number of rotatable bonds is 5. The van der Waals surface area contributed by atoms with Gasteiger partial charge in [-0.15, -0.1) is 0 Å². The van der Waals surface area contributed by atoms with Gasteiger partial charge in [-0.05, 0) is 31.4 Å². The molecule has 0 amide bonds. The fourth-order valence-corrected chi connectivity index (χ4v) is 2.26. The molecule has 0 atom stereocenters. The minimum Gasteiger partial charge on any atom is -0.496 e. The molecule has 17 heavy (non-hydrogen) atoms. The molecule has 1 aromatic carbocycles. The Morgan fingerprint density at radius 3 is 2.06 bits per heavy atom. The maximum absolute atomic E-state index is 10.1. The zero-order chi connectivity index (χ0) is 12.5. The molecule has 0 aliphatic heterocycles. The molecule has 0 aromatic heterocycles. The summed E-state index contributed by atoms with van der Waals surface area (Å²) < 4.78 is 10.8. The average molecular weight is 236 g/mol. The van der Waals surface area contributed by atoms with Crippen LogP contribution >= 0.6 is 0 Å². The molecule has 1 saturated carbocycles. The van der Waals surface area contributed by atoms with Crippen LogP contribution in [0.5, 0.6) is 11.5 Å². The van der Waals surface area contributed by atoms with Crippen molar-refractivity contribution in [2.24, 2.45) is 0 Å². The lowest BCUT2D eigenvalue weighted by Gasteiger charge is -2.18. The minimum atomic E-state index is -0.510. The van der Waals surface area contributed by atoms with Crippen molar-refractivity contribution in [2.45, 2.75) is 38.2 Å². The highest BCUT2D eigenvalue weighted by Gasteiger charge is 2.41. The Kier molecular flexibility index (Phi) is 3.29. The lowest BCUT2D eigenvalue weighted by Crippen LogP contribution is -2.14. The van der Waals surface area contributed by atoms with E-state index in [4.69, 9.17) is 9.47 Å². The summed E-state index contributed by atoms with van der Waals surface area (Å²) in [6.07, 6.45) is 3.31. The summed E-state index contributed by atoms with van der Waals surface area (Å²) in [6.45, 7) is 2.09. The number of methoxy groups -OCH3 is 2. The van der Waals surface area contributed by atoms with Crippen LogP contribution in [0.4, 0.5) is 0 Å². The third-order valence-corrected chi connectivity index (χ3v) is 3.47. The molecule has 0 bridgehead atoms. The van der Waals surface area contributed by atoms with Gasteiger partial charge >= 0.3 is 0 Å². The van der Waals surface area contributed by atoms with E-state index < -0.39 is 5.60 Å². The van der Waals surface area contributed by atoms with Crippen LogP contribution in [0.2, 0.25) is 0 Å². The van der Waals surface area contributed by atoms with Gasteiger partial charge in [-0.2, -0.15) is 0 Å². The largest absolute Gasteiger partial charge is 0.496 e. The Labute approximate surface area is 102 Å². The third-order valence-electron chi connectivity index (χ3n) is 3.47. The molecule has 0 unspecified atom stereocenters. The van der Waals surface area contributed by atoms with Crippen molar-refractivity contribution in [1.82, 2.24) is 0 Å². The van der Waals surface area contributed by atoms with E-state index in [2.05, 4.69) is 6.92 Å². The molecule has 0 radical (unpaired) electrons. The molecule has 1 aliphatic carbocycles. The van der Waals surface area contributed by atoms with Gasteiger partial charge in [-0.25, -0.2) is 0 Å². The van der Waals surface area contributed by atoms with Gasteiger partial charge in [0.2, 0.25) is 0 Å². The molecule has 1 N–H and O–H groups in total. The first-order chi connectivity index (χ1) is 8.13. The van der Waals surface area contributed by atoms with E-state index in [1.54, 1.807) is 14.2 Å². The maximum Gasteiger partial charge on any atom is 0.122 e. The highest BCUT2D eigenvalue weighted by molar-refractivity contribution is 5.49. The number of hydrogen-bond acceptors (Lipinski definition) is 3. The molecular weight excluding hydrogens is 216 g/mol. The van der Waals surface area contributed by atoms with Crippen LogP contribution in [0.1, 0.15) is 30.9 Å². The van der Waals surface area contributed by atoms with Gasteiger partial charge in [0, 0.05) is 17.5 Å². The molecule has 2 rings (SSSR count). The zero-order valence-electron chi connectivity index (χ0n) is 10.7. The van der Waals surface area contributed by atoms with E-state index in [-0.39, 0.29) is 0 Å². The molecule has 3 nitrogen and oxygen atoms in total. The van der Waals surface area contributed by atoms with Crippen LogP contribution in [0.15, 0.2) is 12.1 Å². The number of aliphatic hydroxyl groups is 1. The molecule has 1 aliphatic rings. The highest BCUT2D eigenvalue weighted by Crippen LogP contribution is 2.42. The Morgan fingerprint density at radius 1 is 1.12 bits per heavy atom. The minimum absolute atomic E-state index is 0.510. The maximum atomic E-state index is 10.1. The predicted molar refractivity (Wildman–Crippen MR) is 66.8 cm³/mol. The van der Waals surface area contributed by atoms with Crippen molar-refractivity contribution in [2.75, 3.05) is 14.2 Å². The molecule has 3 heteroatoms. The molecule has 0 heterocycles. The Balaban J connectivity index is 2.42. The smallest absolute Gasteiger partial charge is 0.122 e. The summed E-state index contributed by atoms with van der Waals surface area (Å²) in [7, 11) is 3.35. The summed E-state index contributed by atoms with van der Waals surface area (Å²) >= 11 is 0. The van der Waals surface area contributed by atoms with Crippen molar-refractivity contribution in [3.8, 4) is 11.5 Å². The molecular formula is C14H20O3. The number of benzene rings is 1. The van der Waals surface area contributed by atoms with Crippen molar-refractivity contribution < 1.29 is 14.6 Å². The van der Waals surface area contributed by atoms with Gasteiger partial charge in [-0.1, -0.05) is 6.92 Å². The predicted octanol–water partition coefficient (Wildman–Crippen LogP) is 2.33. The Bertz CT molecular complexity index is 408. The molecule has 1 fully saturated rings. The Hall–Kier alpha value is -1.22. The SMILES string of the molecule is CCc1c(OC)ccc(OC)c1CC1(O)CC1. The molecule has 1 aromatic rings. The van der Waals surface area contributed by atoms with E-state index in [9.17, 15) is 5.11 Å². The van der Waals surface area contributed by atoms with Gasteiger partial charge in [0.25, 0.3) is 0 Å². The van der Waals surface area contributed by atoms with E-state index in [0.717, 1.165) is 41.9 Å². The second-order valence-corrected chi connectivity index (χ2v) is 4.68. The molecule has 94 valence electrons. The third kappa shape index (κ3) is 2.39. The number of hydrogen-bond donors (Lipinski definition) is 1.